The molecule has 1 fully saturated rings. The van der Waals surface area contributed by atoms with E-state index in [1.54, 1.807) is 0 Å². The van der Waals surface area contributed by atoms with Crippen molar-refractivity contribution in [2.75, 3.05) is 44.4 Å². The molecule has 0 aliphatic carbocycles. The molecule has 2 amide bonds. The summed E-state index contributed by atoms with van der Waals surface area (Å²) < 4.78 is 50.2. The number of morpholine rings is 1. The molecule has 1 saturated heterocycles. The van der Waals surface area contributed by atoms with Gasteiger partial charge in [0.05, 0.1) is 24.7 Å². The lowest BCUT2D eigenvalue weighted by atomic mass is 10.2. The summed E-state index contributed by atoms with van der Waals surface area (Å²) in [6.07, 6.45) is 0. The lowest BCUT2D eigenvalue weighted by molar-refractivity contribution is -0.136. The van der Waals surface area contributed by atoms with E-state index in [0.29, 0.717) is 26.3 Å². The number of nitrogens with zero attached hydrogens (tertiary/aromatic N) is 1. The van der Waals surface area contributed by atoms with Crippen molar-refractivity contribution in [1.29, 1.82) is 0 Å². The summed E-state index contributed by atoms with van der Waals surface area (Å²) >= 11 is 0. The predicted molar refractivity (Wildman–Crippen MR) is 127 cm³/mol. The van der Waals surface area contributed by atoms with Crippen LogP contribution in [0.3, 0.4) is 0 Å². The fraction of sp³-hybridized carbons (Fsp3) is 0.636. The standard InChI is InChI=1S/C22H35FN2O6SSi/c1-22(2,3)33(4,5)31-14-15-32(28,29)16-19(21(27)25-10-12-30-13-11-25)24-20(26)17-6-8-18(23)9-7-17/h6-9,19H,10-16H2,1-5H3,(H,24,26). The molecular weight excluding hydrogens is 467 g/mol. The molecule has 1 aromatic rings. The number of benzene rings is 1. The minimum Gasteiger partial charge on any atom is -0.416 e. The average Bonchev–Trinajstić information content (AvgIpc) is 2.72. The van der Waals surface area contributed by atoms with Crippen LogP contribution in [-0.2, 0) is 23.8 Å². The lowest BCUT2D eigenvalue weighted by Crippen LogP contribution is -2.54. The van der Waals surface area contributed by atoms with E-state index in [1.165, 1.54) is 17.0 Å². The Hall–Kier alpha value is -1.82. The van der Waals surface area contributed by atoms with Crippen molar-refractivity contribution in [3.05, 3.63) is 35.6 Å². The van der Waals surface area contributed by atoms with E-state index in [0.717, 1.165) is 12.1 Å². The smallest absolute Gasteiger partial charge is 0.251 e. The first kappa shape index (κ1) is 27.4. The lowest BCUT2D eigenvalue weighted by Gasteiger charge is -2.36. The summed E-state index contributed by atoms with van der Waals surface area (Å²) in [4.78, 5) is 27.2. The van der Waals surface area contributed by atoms with Crippen molar-refractivity contribution in [2.45, 2.75) is 44.9 Å². The molecule has 8 nitrogen and oxygen atoms in total. The van der Waals surface area contributed by atoms with Crippen LogP contribution in [0.15, 0.2) is 24.3 Å². The maximum Gasteiger partial charge on any atom is 0.251 e. The molecule has 1 N–H and O–H groups in total. The SMILES string of the molecule is CC(C)(C)[Si](C)(C)OCCS(=O)(=O)CC(NC(=O)c1ccc(F)cc1)C(=O)N1CCOCC1. The topological polar surface area (TPSA) is 102 Å². The van der Waals surface area contributed by atoms with E-state index in [2.05, 4.69) is 26.1 Å². The summed E-state index contributed by atoms with van der Waals surface area (Å²) in [7, 11) is -5.85. The molecule has 186 valence electrons. The number of halogens is 1. The molecule has 1 atom stereocenters. The minimum absolute atomic E-state index is 0.0310. The molecule has 1 aliphatic heterocycles. The van der Waals surface area contributed by atoms with Crippen molar-refractivity contribution in [1.82, 2.24) is 10.2 Å². The Kier molecular flexibility index (Phi) is 9.20. The molecule has 33 heavy (non-hydrogen) atoms. The molecule has 1 aliphatic rings. The highest BCUT2D eigenvalue weighted by molar-refractivity contribution is 7.91. The van der Waals surface area contributed by atoms with Gasteiger partial charge in [0.2, 0.25) is 5.91 Å². The van der Waals surface area contributed by atoms with Crippen molar-refractivity contribution in [3.63, 3.8) is 0 Å². The van der Waals surface area contributed by atoms with E-state index in [4.69, 9.17) is 9.16 Å². The molecule has 11 heteroatoms. The number of amides is 2. The number of rotatable bonds is 9. The molecule has 0 spiro atoms. The average molecular weight is 503 g/mol. The van der Waals surface area contributed by atoms with E-state index in [-0.39, 0.29) is 23.0 Å². The third-order valence-electron chi connectivity index (χ3n) is 6.12. The highest BCUT2D eigenvalue weighted by Crippen LogP contribution is 2.36. The Morgan fingerprint density at radius 2 is 1.76 bits per heavy atom. The fourth-order valence-electron chi connectivity index (χ4n) is 3.00. The van der Waals surface area contributed by atoms with E-state index >= 15 is 0 Å². The zero-order valence-corrected chi connectivity index (χ0v) is 21.8. The third kappa shape index (κ3) is 8.16. The van der Waals surface area contributed by atoms with Crippen molar-refractivity contribution in [2.24, 2.45) is 0 Å². The van der Waals surface area contributed by atoms with Crippen LogP contribution in [0.4, 0.5) is 4.39 Å². The van der Waals surface area contributed by atoms with Gasteiger partial charge in [-0.15, -0.1) is 0 Å². The van der Waals surface area contributed by atoms with Crippen LogP contribution in [0.2, 0.25) is 18.1 Å². The van der Waals surface area contributed by atoms with Gasteiger partial charge in [0.25, 0.3) is 5.91 Å². The summed E-state index contributed by atoms with van der Waals surface area (Å²) in [5.74, 6) is -2.43. The number of hydrogen-bond acceptors (Lipinski definition) is 6. The van der Waals surface area contributed by atoms with Gasteiger partial charge < -0.3 is 19.4 Å². The molecule has 0 aromatic heterocycles. The van der Waals surface area contributed by atoms with Gasteiger partial charge in [0, 0.05) is 25.3 Å². The highest BCUT2D eigenvalue weighted by Gasteiger charge is 2.38. The first-order valence-corrected chi connectivity index (χ1v) is 15.7. The summed E-state index contributed by atoms with van der Waals surface area (Å²) in [6.45, 7) is 11.6. The number of sulfone groups is 1. The first-order chi connectivity index (χ1) is 15.2. The minimum atomic E-state index is -3.72. The van der Waals surface area contributed by atoms with Crippen molar-refractivity contribution >= 4 is 30.0 Å². The predicted octanol–water partition coefficient (Wildman–Crippen LogP) is 2.22. The van der Waals surface area contributed by atoms with E-state index < -0.39 is 47.6 Å². The Labute approximate surface area is 196 Å². The Morgan fingerprint density at radius 3 is 2.30 bits per heavy atom. The van der Waals surface area contributed by atoms with Gasteiger partial charge >= 0.3 is 0 Å². The van der Waals surface area contributed by atoms with E-state index in [1.807, 2.05) is 13.1 Å². The fourth-order valence-corrected chi connectivity index (χ4v) is 5.43. The number of nitrogens with one attached hydrogen (secondary N) is 1. The third-order valence-corrected chi connectivity index (χ3v) is 12.3. The van der Waals surface area contributed by atoms with E-state index in [9.17, 15) is 22.4 Å². The summed E-state index contributed by atoms with van der Waals surface area (Å²) in [6, 6.07) is 3.55. The number of ether oxygens (including phenoxy) is 1. The zero-order valence-electron chi connectivity index (χ0n) is 20.0. The van der Waals surface area contributed by atoms with Crippen LogP contribution in [-0.4, -0.2) is 83.9 Å². The van der Waals surface area contributed by atoms with Crippen LogP contribution >= 0.6 is 0 Å². The molecule has 0 saturated carbocycles. The Balaban J connectivity index is 2.12. The van der Waals surface area contributed by atoms with Gasteiger partial charge in [-0.25, -0.2) is 12.8 Å². The van der Waals surface area contributed by atoms with Crippen LogP contribution in [0.25, 0.3) is 0 Å². The monoisotopic (exact) mass is 502 g/mol. The quantitative estimate of drug-likeness (QED) is 0.520. The maximum atomic E-state index is 13.2. The molecule has 1 unspecified atom stereocenters. The molecule has 2 rings (SSSR count). The van der Waals surface area contributed by atoms with Crippen molar-refractivity contribution < 1.29 is 31.6 Å². The summed E-state index contributed by atoms with van der Waals surface area (Å²) in [5, 5.41) is 2.47. The molecule has 1 aromatic carbocycles. The highest BCUT2D eigenvalue weighted by atomic mass is 32.2. The zero-order chi connectivity index (χ0) is 24.9. The molecular formula is C22H35FN2O6SSi. The molecule has 0 radical (unpaired) electrons. The van der Waals surface area contributed by atoms with Gasteiger partial charge in [-0.2, -0.15) is 0 Å². The molecule has 1 heterocycles. The Bertz CT molecular complexity index is 925. The summed E-state index contributed by atoms with van der Waals surface area (Å²) in [5.41, 5.74) is 0.134. The van der Waals surface area contributed by atoms with Gasteiger partial charge in [0.1, 0.15) is 11.9 Å². The van der Waals surface area contributed by atoms with Crippen LogP contribution in [0, 0.1) is 5.82 Å². The van der Waals surface area contributed by atoms with Gasteiger partial charge in [-0.3, -0.25) is 9.59 Å². The number of carbonyl (C=O) groups excluding carboxylic acids is 2. The van der Waals surface area contributed by atoms with Crippen LogP contribution in [0.1, 0.15) is 31.1 Å². The van der Waals surface area contributed by atoms with Crippen LogP contribution < -0.4 is 5.32 Å². The van der Waals surface area contributed by atoms with Gasteiger partial charge in [0.15, 0.2) is 18.2 Å². The Morgan fingerprint density at radius 1 is 1.18 bits per heavy atom. The molecule has 0 bridgehead atoms. The first-order valence-electron chi connectivity index (χ1n) is 11.0. The normalized spacial score (nSPS) is 16.4. The largest absolute Gasteiger partial charge is 0.416 e. The van der Waals surface area contributed by atoms with Crippen LogP contribution in [0.5, 0.6) is 0 Å². The number of hydrogen-bond donors (Lipinski definition) is 1. The maximum absolute atomic E-state index is 13.2. The second-order valence-corrected chi connectivity index (χ2v) is 16.7. The number of carbonyl (C=O) groups is 2. The van der Waals surface area contributed by atoms with Crippen molar-refractivity contribution in [3.8, 4) is 0 Å². The van der Waals surface area contributed by atoms with Gasteiger partial charge in [-0.1, -0.05) is 20.8 Å². The second kappa shape index (κ2) is 11.1. The van der Waals surface area contributed by atoms with Gasteiger partial charge in [-0.05, 0) is 42.4 Å². The second-order valence-electron chi connectivity index (χ2n) is 9.69.